The van der Waals surface area contributed by atoms with Gasteiger partial charge in [0.25, 0.3) is 0 Å². The molecule has 0 radical (unpaired) electrons. The van der Waals surface area contributed by atoms with E-state index in [0.717, 1.165) is 13.0 Å². The number of benzene rings is 1. The Morgan fingerprint density at radius 3 is 2.20 bits per heavy atom. The lowest BCUT2D eigenvalue weighted by atomic mass is 9.78. The lowest BCUT2D eigenvalue weighted by molar-refractivity contribution is 0.217. The summed E-state index contributed by atoms with van der Waals surface area (Å²) >= 11 is 0. The zero-order valence-electron chi connectivity index (χ0n) is 13.9. The van der Waals surface area contributed by atoms with Crippen LogP contribution in [0.5, 0.6) is 0 Å². The van der Waals surface area contributed by atoms with Gasteiger partial charge in [0.15, 0.2) is 0 Å². The highest BCUT2D eigenvalue weighted by molar-refractivity contribution is 5.47. The standard InChI is InChI=1S/C19H31N/c1-7-16-9-11-17(12-10-16)13-14-20-19(5,6)15-18(3,4)8-2/h7,9-12,20H,1,8,13-15H2,2-6H3. The molecule has 0 aromatic heterocycles. The zero-order chi connectivity index (χ0) is 15.2. The summed E-state index contributed by atoms with van der Waals surface area (Å²) in [5.41, 5.74) is 3.17. The summed E-state index contributed by atoms with van der Waals surface area (Å²) in [5, 5.41) is 3.71. The first kappa shape index (κ1) is 17.0. The molecule has 0 saturated heterocycles. The van der Waals surface area contributed by atoms with Gasteiger partial charge in [-0.2, -0.15) is 0 Å². The van der Waals surface area contributed by atoms with Gasteiger partial charge < -0.3 is 5.32 Å². The van der Waals surface area contributed by atoms with E-state index in [1.54, 1.807) is 0 Å². The highest BCUT2D eigenvalue weighted by Crippen LogP contribution is 2.30. The van der Waals surface area contributed by atoms with E-state index in [2.05, 4.69) is 70.8 Å². The summed E-state index contributed by atoms with van der Waals surface area (Å²) < 4.78 is 0. The Kier molecular flexibility index (Phi) is 6.01. The Hall–Kier alpha value is -1.08. The maximum Gasteiger partial charge on any atom is 0.0130 e. The van der Waals surface area contributed by atoms with Crippen molar-refractivity contribution >= 4 is 6.08 Å². The molecule has 20 heavy (non-hydrogen) atoms. The van der Waals surface area contributed by atoms with Crippen molar-refractivity contribution in [1.82, 2.24) is 5.32 Å². The van der Waals surface area contributed by atoms with Crippen LogP contribution in [0.2, 0.25) is 0 Å². The molecule has 1 nitrogen and oxygen atoms in total. The second-order valence-electron chi connectivity index (χ2n) is 7.20. The minimum atomic E-state index is 0.195. The molecule has 0 fully saturated rings. The Morgan fingerprint density at radius 1 is 1.10 bits per heavy atom. The van der Waals surface area contributed by atoms with Crippen LogP contribution in [0.1, 0.15) is 58.6 Å². The molecule has 0 amide bonds. The molecule has 1 aromatic rings. The molecule has 0 unspecified atom stereocenters. The number of rotatable bonds is 8. The maximum absolute atomic E-state index is 3.78. The van der Waals surface area contributed by atoms with Crippen molar-refractivity contribution in [1.29, 1.82) is 0 Å². The Bertz CT molecular complexity index is 412. The topological polar surface area (TPSA) is 12.0 Å². The molecular weight excluding hydrogens is 242 g/mol. The highest BCUT2D eigenvalue weighted by atomic mass is 14.9. The largest absolute Gasteiger partial charge is 0.311 e. The van der Waals surface area contributed by atoms with E-state index in [4.69, 9.17) is 0 Å². The van der Waals surface area contributed by atoms with Gasteiger partial charge in [-0.3, -0.25) is 0 Å². The Labute approximate surface area is 125 Å². The summed E-state index contributed by atoms with van der Waals surface area (Å²) in [4.78, 5) is 0. The summed E-state index contributed by atoms with van der Waals surface area (Å²) in [6, 6.07) is 8.66. The molecule has 1 N–H and O–H groups in total. The molecule has 0 atom stereocenters. The lowest BCUT2D eigenvalue weighted by Gasteiger charge is -2.35. The van der Waals surface area contributed by atoms with Crippen LogP contribution in [0.25, 0.3) is 6.08 Å². The molecule has 0 heterocycles. The van der Waals surface area contributed by atoms with Crippen LogP contribution in [0, 0.1) is 5.41 Å². The fraction of sp³-hybridized carbons (Fsp3) is 0.579. The molecule has 0 bridgehead atoms. The molecule has 1 heteroatoms. The third-order valence-corrected chi connectivity index (χ3v) is 4.11. The molecule has 0 aliphatic carbocycles. The molecular formula is C19H31N. The fourth-order valence-corrected chi connectivity index (χ4v) is 2.75. The van der Waals surface area contributed by atoms with Gasteiger partial charge in [-0.15, -0.1) is 0 Å². The van der Waals surface area contributed by atoms with Crippen molar-refractivity contribution in [2.75, 3.05) is 6.54 Å². The van der Waals surface area contributed by atoms with Crippen LogP contribution >= 0.6 is 0 Å². The predicted molar refractivity (Wildman–Crippen MR) is 91.0 cm³/mol. The first-order chi connectivity index (χ1) is 9.28. The molecule has 1 aromatic carbocycles. The summed E-state index contributed by atoms with van der Waals surface area (Å²) in [6.07, 6.45) is 5.39. The highest BCUT2D eigenvalue weighted by Gasteiger charge is 2.26. The zero-order valence-corrected chi connectivity index (χ0v) is 13.9. The van der Waals surface area contributed by atoms with E-state index in [0.29, 0.717) is 5.41 Å². The second-order valence-corrected chi connectivity index (χ2v) is 7.20. The van der Waals surface area contributed by atoms with Crippen LogP contribution in [0.15, 0.2) is 30.8 Å². The van der Waals surface area contributed by atoms with E-state index in [1.165, 1.54) is 24.0 Å². The number of nitrogens with one attached hydrogen (secondary N) is 1. The molecule has 0 spiro atoms. The van der Waals surface area contributed by atoms with Gasteiger partial charge >= 0.3 is 0 Å². The van der Waals surface area contributed by atoms with E-state index in [-0.39, 0.29) is 5.54 Å². The van der Waals surface area contributed by atoms with E-state index < -0.39 is 0 Å². The van der Waals surface area contributed by atoms with Gasteiger partial charge in [0.1, 0.15) is 0 Å². The van der Waals surface area contributed by atoms with Gasteiger partial charge in [-0.25, -0.2) is 0 Å². The van der Waals surface area contributed by atoms with Crippen molar-refractivity contribution in [3.05, 3.63) is 42.0 Å². The first-order valence-corrected chi connectivity index (χ1v) is 7.74. The summed E-state index contributed by atoms with van der Waals surface area (Å²) in [7, 11) is 0. The van der Waals surface area contributed by atoms with Crippen LogP contribution in [-0.4, -0.2) is 12.1 Å². The quantitative estimate of drug-likeness (QED) is 0.697. The molecule has 1 rings (SSSR count). The van der Waals surface area contributed by atoms with Crippen molar-refractivity contribution in [2.24, 2.45) is 5.41 Å². The van der Waals surface area contributed by atoms with E-state index in [1.807, 2.05) is 6.08 Å². The van der Waals surface area contributed by atoms with E-state index >= 15 is 0 Å². The van der Waals surface area contributed by atoms with Gasteiger partial charge in [-0.05, 0) is 49.8 Å². The third kappa shape index (κ3) is 5.92. The Morgan fingerprint density at radius 2 is 1.70 bits per heavy atom. The van der Waals surface area contributed by atoms with Crippen LogP contribution in [-0.2, 0) is 6.42 Å². The summed E-state index contributed by atoms with van der Waals surface area (Å²) in [5.74, 6) is 0. The Balaban J connectivity index is 2.44. The lowest BCUT2D eigenvalue weighted by Crippen LogP contribution is -2.43. The van der Waals surface area contributed by atoms with Crippen molar-refractivity contribution in [3.63, 3.8) is 0 Å². The van der Waals surface area contributed by atoms with Gasteiger partial charge in [-0.1, -0.05) is 64.1 Å². The predicted octanol–water partition coefficient (Wildman–Crippen LogP) is 5.07. The van der Waals surface area contributed by atoms with Gasteiger partial charge in [0, 0.05) is 5.54 Å². The normalized spacial score (nSPS) is 12.4. The van der Waals surface area contributed by atoms with Crippen LogP contribution in [0.4, 0.5) is 0 Å². The average Bonchev–Trinajstić information content (AvgIpc) is 2.38. The van der Waals surface area contributed by atoms with Crippen LogP contribution in [0.3, 0.4) is 0 Å². The van der Waals surface area contributed by atoms with Gasteiger partial charge in [0.2, 0.25) is 0 Å². The third-order valence-electron chi connectivity index (χ3n) is 4.11. The van der Waals surface area contributed by atoms with Crippen LogP contribution < -0.4 is 5.32 Å². The van der Waals surface area contributed by atoms with Gasteiger partial charge in [0.05, 0.1) is 0 Å². The maximum atomic E-state index is 3.78. The fourth-order valence-electron chi connectivity index (χ4n) is 2.75. The molecule has 0 saturated carbocycles. The smallest absolute Gasteiger partial charge is 0.0130 e. The number of hydrogen-bond acceptors (Lipinski definition) is 1. The monoisotopic (exact) mass is 273 g/mol. The first-order valence-electron chi connectivity index (χ1n) is 7.74. The summed E-state index contributed by atoms with van der Waals surface area (Å²) in [6.45, 7) is 16.4. The number of hydrogen-bond donors (Lipinski definition) is 1. The molecule has 0 aliphatic heterocycles. The SMILES string of the molecule is C=Cc1ccc(CCNC(C)(C)CC(C)(C)CC)cc1. The molecule has 0 aliphatic rings. The van der Waals surface area contributed by atoms with E-state index in [9.17, 15) is 0 Å². The minimum absolute atomic E-state index is 0.195. The van der Waals surface area contributed by atoms with Crippen molar-refractivity contribution in [2.45, 2.75) is 59.4 Å². The van der Waals surface area contributed by atoms with Crippen molar-refractivity contribution < 1.29 is 0 Å². The minimum Gasteiger partial charge on any atom is -0.311 e. The molecule has 112 valence electrons. The average molecular weight is 273 g/mol. The second kappa shape index (κ2) is 7.08. The van der Waals surface area contributed by atoms with Crippen molar-refractivity contribution in [3.8, 4) is 0 Å².